The predicted molar refractivity (Wildman–Crippen MR) is 129 cm³/mol. The van der Waals surface area contributed by atoms with Gasteiger partial charge < -0.3 is 29.2 Å². The molecule has 0 bridgehead atoms. The van der Waals surface area contributed by atoms with Crippen molar-refractivity contribution >= 4 is 29.2 Å². The zero-order chi connectivity index (χ0) is 24.9. The van der Waals surface area contributed by atoms with Crippen molar-refractivity contribution in [3.05, 3.63) is 96.7 Å². The Hall–Kier alpha value is -3.62. The quantitative estimate of drug-likeness (QED) is 0.522. The highest BCUT2D eigenvalue weighted by atomic mass is 35.5. The first-order chi connectivity index (χ1) is 16.8. The Labute approximate surface area is 210 Å². The number of hydrogen-bond acceptors (Lipinski definition) is 7. The number of hydrogen-bond donors (Lipinski definition) is 1. The standard InChI is InChI=1S/C25H20Cl2N2O6/c1-12-7-19-21(24(30)29(12)10-13-3-6-17-18(8-13)34-11-33-17)20(14-4-5-15(26)16(27)9-14)22(23(28)35-19)25(31)32-2/h3-9,20H,10-11,28H2,1-2H3/t20-/m1/s1. The number of aryl methyl sites for hydroxylation is 1. The van der Waals surface area contributed by atoms with Crippen molar-refractivity contribution in [1.29, 1.82) is 0 Å². The molecule has 8 nitrogen and oxygen atoms in total. The number of pyridine rings is 1. The van der Waals surface area contributed by atoms with Crippen molar-refractivity contribution in [3.8, 4) is 17.2 Å². The molecule has 0 aliphatic carbocycles. The minimum atomic E-state index is -0.878. The van der Waals surface area contributed by atoms with Gasteiger partial charge in [0.1, 0.15) is 11.3 Å². The summed E-state index contributed by atoms with van der Waals surface area (Å²) >= 11 is 12.4. The Balaban J connectivity index is 1.68. The fraction of sp³-hybridized carbons (Fsp3) is 0.200. The molecular weight excluding hydrogens is 495 g/mol. The largest absolute Gasteiger partial charge is 0.465 e. The van der Waals surface area contributed by atoms with Gasteiger partial charge in [-0.15, -0.1) is 0 Å². The predicted octanol–water partition coefficient (Wildman–Crippen LogP) is 4.11. The molecule has 0 radical (unpaired) electrons. The SMILES string of the molecule is COC(=O)C1=C(N)Oc2cc(C)n(Cc3ccc4c(c3)OCO4)c(=O)c2[C@H]1c1ccc(Cl)c(Cl)c1. The molecule has 5 rings (SSSR count). The van der Waals surface area contributed by atoms with Crippen LogP contribution in [0.25, 0.3) is 0 Å². The Bertz CT molecular complexity index is 1460. The highest BCUT2D eigenvalue weighted by Gasteiger charge is 2.38. The maximum Gasteiger partial charge on any atom is 0.340 e. The number of carbonyl (C=O) groups excluding carboxylic acids is 1. The molecule has 2 aromatic carbocycles. The number of nitrogens with zero attached hydrogens (tertiary/aromatic N) is 1. The van der Waals surface area contributed by atoms with Crippen LogP contribution in [0.15, 0.2) is 58.7 Å². The first-order valence-electron chi connectivity index (χ1n) is 10.6. The topological polar surface area (TPSA) is 102 Å². The second-order valence-electron chi connectivity index (χ2n) is 8.12. The molecule has 3 aromatic rings. The summed E-state index contributed by atoms with van der Waals surface area (Å²) in [6.07, 6.45) is 0. The van der Waals surface area contributed by atoms with Gasteiger partial charge in [0.2, 0.25) is 12.7 Å². The number of rotatable bonds is 4. The van der Waals surface area contributed by atoms with Gasteiger partial charge in [0.15, 0.2) is 11.5 Å². The number of benzene rings is 2. The monoisotopic (exact) mass is 514 g/mol. The molecule has 3 heterocycles. The van der Waals surface area contributed by atoms with Gasteiger partial charge in [-0.25, -0.2) is 4.79 Å². The van der Waals surface area contributed by atoms with E-state index in [-0.39, 0.29) is 46.7 Å². The van der Waals surface area contributed by atoms with Gasteiger partial charge in [0.05, 0.1) is 35.2 Å². The lowest BCUT2D eigenvalue weighted by Gasteiger charge is -2.29. The number of methoxy groups -OCH3 is 1. The zero-order valence-corrected chi connectivity index (χ0v) is 20.3. The summed E-state index contributed by atoms with van der Waals surface area (Å²) in [6, 6.07) is 12.1. The number of nitrogens with two attached hydrogens (primary N) is 1. The molecule has 1 atom stereocenters. The summed E-state index contributed by atoms with van der Waals surface area (Å²) in [5.74, 6) is -0.210. The highest BCUT2D eigenvalue weighted by Crippen LogP contribution is 2.42. The molecule has 0 spiro atoms. The van der Waals surface area contributed by atoms with Crippen LogP contribution < -0.4 is 25.5 Å². The third kappa shape index (κ3) is 3.98. The lowest BCUT2D eigenvalue weighted by molar-refractivity contribution is -0.136. The molecule has 0 saturated carbocycles. The summed E-state index contributed by atoms with van der Waals surface area (Å²) in [4.78, 5) is 26.7. The van der Waals surface area contributed by atoms with Crippen LogP contribution in [0.3, 0.4) is 0 Å². The van der Waals surface area contributed by atoms with E-state index in [9.17, 15) is 9.59 Å². The average Bonchev–Trinajstić information content (AvgIpc) is 3.30. The van der Waals surface area contributed by atoms with Crippen LogP contribution >= 0.6 is 23.2 Å². The van der Waals surface area contributed by atoms with Crippen molar-refractivity contribution in [3.63, 3.8) is 0 Å². The van der Waals surface area contributed by atoms with Crippen molar-refractivity contribution in [2.24, 2.45) is 5.73 Å². The van der Waals surface area contributed by atoms with Crippen LogP contribution in [0.2, 0.25) is 10.0 Å². The number of halogens is 2. The van der Waals surface area contributed by atoms with E-state index in [1.54, 1.807) is 41.8 Å². The van der Waals surface area contributed by atoms with E-state index in [2.05, 4.69) is 0 Å². The van der Waals surface area contributed by atoms with Crippen molar-refractivity contribution in [2.45, 2.75) is 19.4 Å². The van der Waals surface area contributed by atoms with Gasteiger partial charge in [0.25, 0.3) is 5.56 Å². The van der Waals surface area contributed by atoms with E-state index in [4.69, 9.17) is 47.9 Å². The Morgan fingerprint density at radius 2 is 1.86 bits per heavy atom. The second kappa shape index (κ2) is 8.87. The minimum absolute atomic E-state index is 0.00831. The normalized spacial score (nSPS) is 16.1. The molecule has 0 fully saturated rings. The summed E-state index contributed by atoms with van der Waals surface area (Å²) in [6.45, 7) is 2.21. The summed E-state index contributed by atoms with van der Waals surface area (Å²) in [5, 5.41) is 0.608. The lowest BCUT2D eigenvalue weighted by Crippen LogP contribution is -2.35. The molecule has 2 aliphatic heterocycles. The van der Waals surface area contributed by atoms with Crippen molar-refractivity contribution in [1.82, 2.24) is 4.57 Å². The fourth-order valence-corrected chi connectivity index (χ4v) is 4.65. The van der Waals surface area contributed by atoms with Gasteiger partial charge in [0, 0.05) is 11.8 Å². The van der Waals surface area contributed by atoms with Gasteiger partial charge in [-0.2, -0.15) is 0 Å². The van der Waals surface area contributed by atoms with Crippen LogP contribution in [0.5, 0.6) is 17.2 Å². The number of aromatic nitrogens is 1. The summed E-state index contributed by atoms with van der Waals surface area (Å²) in [5.41, 5.74) is 8.08. The number of ether oxygens (including phenoxy) is 4. The molecule has 180 valence electrons. The number of fused-ring (bicyclic) bond motifs is 2. The first-order valence-corrected chi connectivity index (χ1v) is 11.4. The molecular formula is C25H20Cl2N2O6. The number of esters is 1. The van der Waals surface area contributed by atoms with Gasteiger partial charge in [-0.3, -0.25) is 4.79 Å². The minimum Gasteiger partial charge on any atom is -0.465 e. The fourth-order valence-electron chi connectivity index (χ4n) is 4.34. The average molecular weight is 515 g/mol. The van der Waals surface area contributed by atoms with E-state index >= 15 is 0 Å². The van der Waals surface area contributed by atoms with E-state index < -0.39 is 11.9 Å². The van der Waals surface area contributed by atoms with E-state index in [1.165, 1.54) is 7.11 Å². The molecule has 0 unspecified atom stereocenters. The van der Waals surface area contributed by atoms with Gasteiger partial charge in [-0.1, -0.05) is 35.3 Å². The molecule has 2 N–H and O–H groups in total. The molecule has 35 heavy (non-hydrogen) atoms. The van der Waals surface area contributed by atoms with E-state index in [0.29, 0.717) is 27.8 Å². The van der Waals surface area contributed by atoms with Crippen LogP contribution in [0, 0.1) is 6.92 Å². The van der Waals surface area contributed by atoms with Crippen molar-refractivity contribution < 1.29 is 23.7 Å². The van der Waals surface area contributed by atoms with Crippen LogP contribution in [-0.4, -0.2) is 24.4 Å². The van der Waals surface area contributed by atoms with Crippen LogP contribution in [-0.2, 0) is 16.1 Å². The van der Waals surface area contributed by atoms with Gasteiger partial charge >= 0.3 is 5.97 Å². The van der Waals surface area contributed by atoms with E-state index in [0.717, 1.165) is 5.56 Å². The van der Waals surface area contributed by atoms with Crippen LogP contribution in [0.1, 0.15) is 28.3 Å². The Morgan fingerprint density at radius 3 is 2.60 bits per heavy atom. The third-order valence-corrected chi connectivity index (χ3v) is 6.77. The maximum atomic E-state index is 13.9. The van der Waals surface area contributed by atoms with Crippen molar-refractivity contribution in [2.75, 3.05) is 13.9 Å². The molecule has 0 saturated heterocycles. The zero-order valence-electron chi connectivity index (χ0n) is 18.8. The second-order valence-corrected chi connectivity index (χ2v) is 8.94. The molecule has 10 heteroatoms. The molecule has 1 aromatic heterocycles. The number of carbonyl (C=O) groups is 1. The summed E-state index contributed by atoms with van der Waals surface area (Å²) < 4.78 is 23.1. The Morgan fingerprint density at radius 1 is 1.09 bits per heavy atom. The highest BCUT2D eigenvalue weighted by molar-refractivity contribution is 6.42. The summed E-state index contributed by atoms with van der Waals surface area (Å²) in [7, 11) is 1.23. The smallest absolute Gasteiger partial charge is 0.340 e. The maximum absolute atomic E-state index is 13.9. The van der Waals surface area contributed by atoms with Crippen LogP contribution in [0.4, 0.5) is 0 Å². The van der Waals surface area contributed by atoms with E-state index in [1.807, 2.05) is 12.1 Å². The first kappa shape index (κ1) is 23.1. The molecule has 2 aliphatic rings. The lowest BCUT2D eigenvalue weighted by atomic mass is 9.83. The van der Waals surface area contributed by atoms with Gasteiger partial charge in [-0.05, 0) is 42.3 Å². The third-order valence-electron chi connectivity index (χ3n) is 6.03. The molecule has 0 amide bonds. The Kier molecular flexibility index (Phi) is 5.86.